The predicted octanol–water partition coefficient (Wildman–Crippen LogP) is 1.99. The number of fused-ring (bicyclic) bond motifs is 3. The van der Waals surface area contributed by atoms with E-state index in [4.69, 9.17) is 14.2 Å². The molecule has 0 spiro atoms. The number of hydrogen-bond acceptors (Lipinski definition) is 6. The summed E-state index contributed by atoms with van der Waals surface area (Å²) in [6.07, 6.45) is 4.88. The Morgan fingerprint density at radius 1 is 1.24 bits per heavy atom. The molecule has 6 heteroatoms. The molecule has 0 bridgehead atoms. The first-order valence-electron chi connectivity index (χ1n) is 8.63. The Labute approximate surface area is 146 Å². The van der Waals surface area contributed by atoms with Crippen LogP contribution in [0, 0.1) is 17.3 Å². The van der Waals surface area contributed by atoms with Gasteiger partial charge in [0.15, 0.2) is 0 Å². The summed E-state index contributed by atoms with van der Waals surface area (Å²) < 4.78 is 16.1. The highest BCUT2D eigenvalue weighted by molar-refractivity contribution is 5.92. The molecule has 25 heavy (non-hydrogen) atoms. The van der Waals surface area contributed by atoms with Gasteiger partial charge in [0, 0.05) is 17.6 Å². The highest BCUT2D eigenvalue weighted by Gasteiger charge is 2.56. The summed E-state index contributed by atoms with van der Waals surface area (Å²) in [5.41, 5.74) is 1.81. The maximum absolute atomic E-state index is 12.3. The van der Waals surface area contributed by atoms with Crippen molar-refractivity contribution in [2.45, 2.75) is 52.1 Å². The van der Waals surface area contributed by atoms with Gasteiger partial charge in [-0.3, -0.25) is 0 Å². The van der Waals surface area contributed by atoms with E-state index < -0.39 is 24.3 Å². The number of hydrogen-bond donors (Lipinski definition) is 1. The van der Waals surface area contributed by atoms with Crippen LogP contribution in [0.25, 0.3) is 0 Å². The molecule has 5 atom stereocenters. The number of aliphatic hydroxyl groups excluding tert-OH is 1. The molecule has 0 radical (unpaired) electrons. The second kappa shape index (κ2) is 5.46. The van der Waals surface area contributed by atoms with Gasteiger partial charge in [0.25, 0.3) is 6.29 Å². The topological polar surface area (TPSA) is 82.1 Å². The smallest absolute Gasteiger partial charge is 0.338 e. The lowest BCUT2D eigenvalue weighted by Gasteiger charge is -2.42. The zero-order chi connectivity index (χ0) is 17.9. The van der Waals surface area contributed by atoms with Crippen molar-refractivity contribution in [1.29, 1.82) is 0 Å². The molecule has 1 saturated heterocycles. The Balaban J connectivity index is 1.59. The first-order chi connectivity index (χ1) is 11.8. The van der Waals surface area contributed by atoms with Gasteiger partial charge in [-0.25, -0.2) is 9.59 Å². The number of aliphatic hydroxyl groups is 1. The summed E-state index contributed by atoms with van der Waals surface area (Å²) in [5, 5.41) is 10.4. The van der Waals surface area contributed by atoms with Gasteiger partial charge in [-0.2, -0.15) is 0 Å². The fraction of sp³-hybridized carbons (Fsp3) is 0.579. The number of esters is 2. The minimum Gasteiger partial charge on any atom is -0.458 e. The Hall–Kier alpha value is -2.08. The summed E-state index contributed by atoms with van der Waals surface area (Å²) in [5.74, 6) is -1.05. The molecule has 0 unspecified atom stereocenters. The maximum atomic E-state index is 12.3. The highest BCUT2D eigenvalue weighted by Crippen LogP contribution is 2.55. The van der Waals surface area contributed by atoms with Crippen molar-refractivity contribution in [3.8, 4) is 0 Å². The van der Waals surface area contributed by atoms with Crippen LogP contribution < -0.4 is 0 Å². The third kappa shape index (κ3) is 2.51. The lowest BCUT2D eigenvalue weighted by atomic mass is 9.65. The van der Waals surface area contributed by atoms with Gasteiger partial charge in [0.1, 0.15) is 6.10 Å². The van der Waals surface area contributed by atoms with E-state index in [2.05, 4.69) is 13.8 Å². The fourth-order valence-corrected chi connectivity index (χ4v) is 4.42. The van der Waals surface area contributed by atoms with E-state index in [0.717, 1.165) is 18.4 Å². The largest absolute Gasteiger partial charge is 0.458 e. The Bertz CT molecular complexity index is 728. The van der Waals surface area contributed by atoms with Gasteiger partial charge in [-0.1, -0.05) is 19.9 Å². The molecule has 134 valence electrons. The van der Waals surface area contributed by atoms with Gasteiger partial charge in [0.05, 0.1) is 23.9 Å². The van der Waals surface area contributed by atoms with Crippen LogP contribution in [0.1, 0.15) is 33.6 Å². The average Bonchev–Trinajstić information content (AvgIpc) is 3.15. The van der Waals surface area contributed by atoms with Crippen LogP contribution in [0.5, 0.6) is 0 Å². The average molecular weight is 346 g/mol. The number of carbonyl (C=O) groups excluding carboxylic acids is 2. The number of ether oxygens (including phenoxy) is 3. The van der Waals surface area contributed by atoms with Crippen LogP contribution in [0.4, 0.5) is 0 Å². The quantitative estimate of drug-likeness (QED) is 0.356. The summed E-state index contributed by atoms with van der Waals surface area (Å²) >= 11 is 0. The molecule has 2 aliphatic heterocycles. The Morgan fingerprint density at radius 3 is 2.68 bits per heavy atom. The molecule has 0 aromatic rings. The molecule has 2 fully saturated rings. The van der Waals surface area contributed by atoms with Gasteiger partial charge in [-0.05, 0) is 30.8 Å². The van der Waals surface area contributed by atoms with Crippen molar-refractivity contribution in [1.82, 2.24) is 0 Å². The molecular weight excluding hydrogens is 324 g/mol. The van der Waals surface area contributed by atoms with E-state index in [-0.39, 0.29) is 23.4 Å². The first-order valence-corrected chi connectivity index (χ1v) is 8.63. The van der Waals surface area contributed by atoms with E-state index in [1.54, 1.807) is 13.0 Å². The monoisotopic (exact) mass is 346 g/mol. The lowest BCUT2D eigenvalue weighted by Crippen LogP contribution is -2.41. The molecule has 6 nitrogen and oxygen atoms in total. The number of carbonyl (C=O) groups is 2. The first kappa shape index (κ1) is 16.4. The van der Waals surface area contributed by atoms with Crippen LogP contribution in [0.15, 0.2) is 35.1 Å². The maximum Gasteiger partial charge on any atom is 0.338 e. The molecular formula is C19H22O6. The molecule has 1 N–H and O–H groups in total. The lowest BCUT2D eigenvalue weighted by molar-refractivity contribution is -0.152. The molecule has 1 saturated carbocycles. The molecule has 2 heterocycles. The molecule has 0 aromatic carbocycles. The standard InChI is InChI=1S/C19H22O6/c1-9-6-14(24-17(9)21)23-8-12-10-7-11-13(20)4-5-19(2,3)15(11)16(10)25-18(12)22/h6-8,10,13-16,20H,4-5H2,1-3H3/b12-8+/t10-,13+,14-,15-,16+/m1/s1. The van der Waals surface area contributed by atoms with Gasteiger partial charge >= 0.3 is 11.9 Å². The van der Waals surface area contributed by atoms with Gasteiger partial charge < -0.3 is 19.3 Å². The minimum absolute atomic E-state index is 0.0162. The number of cyclic esters (lactones) is 1. The second-order valence-corrected chi connectivity index (χ2v) is 7.92. The van der Waals surface area contributed by atoms with E-state index >= 15 is 0 Å². The van der Waals surface area contributed by atoms with E-state index in [9.17, 15) is 14.7 Å². The van der Waals surface area contributed by atoms with Crippen LogP contribution >= 0.6 is 0 Å². The molecule has 4 aliphatic rings. The second-order valence-electron chi connectivity index (χ2n) is 7.92. The van der Waals surface area contributed by atoms with Crippen molar-refractivity contribution in [2.75, 3.05) is 0 Å². The third-order valence-corrected chi connectivity index (χ3v) is 5.80. The summed E-state index contributed by atoms with van der Waals surface area (Å²) in [6.45, 7) is 5.95. The van der Waals surface area contributed by atoms with Crippen molar-refractivity contribution >= 4 is 11.9 Å². The van der Waals surface area contributed by atoms with E-state index in [1.807, 2.05) is 6.08 Å². The van der Waals surface area contributed by atoms with Crippen LogP contribution in [0.2, 0.25) is 0 Å². The van der Waals surface area contributed by atoms with Gasteiger partial charge in [0.2, 0.25) is 0 Å². The number of rotatable bonds is 2. The van der Waals surface area contributed by atoms with Crippen molar-refractivity contribution < 1.29 is 28.9 Å². The normalized spacial score (nSPS) is 40.2. The highest BCUT2D eigenvalue weighted by atomic mass is 16.7. The van der Waals surface area contributed by atoms with Crippen LogP contribution in [0.3, 0.4) is 0 Å². The SMILES string of the molecule is CC1=C[C@H](O/C=C2/C(=O)O[C@H]3[C@@H]2C=C2[C@H]3C(C)(C)CC[C@@H]2O)OC1=O. The molecule has 0 aromatic heterocycles. The fourth-order valence-electron chi connectivity index (χ4n) is 4.42. The summed E-state index contributed by atoms with van der Waals surface area (Å²) in [6, 6.07) is 0. The minimum atomic E-state index is -0.815. The predicted molar refractivity (Wildman–Crippen MR) is 86.8 cm³/mol. The molecule has 2 aliphatic carbocycles. The van der Waals surface area contributed by atoms with Crippen LogP contribution in [-0.4, -0.2) is 35.5 Å². The van der Waals surface area contributed by atoms with Crippen molar-refractivity contribution in [2.24, 2.45) is 17.3 Å². The third-order valence-electron chi connectivity index (χ3n) is 5.80. The molecule has 0 amide bonds. The van der Waals surface area contributed by atoms with Gasteiger partial charge in [-0.15, -0.1) is 0 Å². The zero-order valence-electron chi connectivity index (χ0n) is 14.5. The van der Waals surface area contributed by atoms with Crippen LogP contribution in [-0.2, 0) is 23.8 Å². The Morgan fingerprint density at radius 2 is 2.00 bits per heavy atom. The zero-order valence-corrected chi connectivity index (χ0v) is 14.5. The van der Waals surface area contributed by atoms with E-state index in [1.165, 1.54) is 6.26 Å². The Kier molecular flexibility index (Phi) is 3.58. The van der Waals surface area contributed by atoms with Crippen molar-refractivity contribution in [3.63, 3.8) is 0 Å². The van der Waals surface area contributed by atoms with E-state index in [0.29, 0.717) is 11.1 Å². The molecule has 4 rings (SSSR count). The van der Waals surface area contributed by atoms with Crippen molar-refractivity contribution in [3.05, 3.63) is 35.1 Å². The summed E-state index contributed by atoms with van der Waals surface area (Å²) in [7, 11) is 0. The summed E-state index contributed by atoms with van der Waals surface area (Å²) in [4.78, 5) is 23.7.